The summed E-state index contributed by atoms with van der Waals surface area (Å²) in [5.41, 5.74) is 3.40. The van der Waals surface area contributed by atoms with Crippen LogP contribution in [0.25, 0.3) is 10.9 Å². The Balaban J connectivity index is 1.66. The van der Waals surface area contributed by atoms with Gasteiger partial charge in [-0.15, -0.1) is 0 Å². The summed E-state index contributed by atoms with van der Waals surface area (Å²) in [6.45, 7) is 4.26. The number of hydrogen-bond donors (Lipinski definition) is 3. The molecule has 1 unspecified atom stereocenters. The number of aromatic amines is 1. The number of sulfonamides is 1. The summed E-state index contributed by atoms with van der Waals surface area (Å²) in [5, 5.41) is 4.01. The number of benzene rings is 2. The van der Waals surface area contributed by atoms with Gasteiger partial charge in [-0.25, -0.2) is 13.2 Å². The van der Waals surface area contributed by atoms with Crippen LogP contribution in [-0.4, -0.2) is 51.5 Å². The van der Waals surface area contributed by atoms with E-state index in [-0.39, 0.29) is 30.9 Å². The van der Waals surface area contributed by atoms with Crippen LogP contribution in [-0.2, 0) is 19.6 Å². The molecule has 36 heavy (non-hydrogen) atoms. The first-order valence-corrected chi connectivity index (χ1v) is 13.4. The van der Waals surface area contributed by atoms with E-state index in [1.165, 1.54) is 18.2 Å². The Labute approximate surface area is 214 Å². The lowest BCUT2D eigenvalue weighted by Gasteiger charge is -2.21. The van der Waals surface area contributed by atoms with Crippen molar-refractivity contribution >= 4 is 48.5 Å². The van der Waals surface area contributed by atoms with E-state index in [9.17, 15) is 26.4 Å². The number of H-pyrrole nitrogens is 1. The number of anilines is 1. The van der Waals surface area contributed by atoms with E-state index in [2.05, 4.69) is 31.0 Å². The molecule has 0 spiro atoms. The molecule has 0 bridgehead atoms. The standard InChI is InChI=1S/C23H25BrF3N3O5S/c1-13-14(2)29-20-11-18(4-5-19(13)20)34-7-6-28-12-21(35-22(31)23(25,26)27)15-8-16(24)10-17(9-15)30-36(3,32)33/h4-5,8-11,21,28-30H,6-7,12H2,1-3H3. The number of alkyl halides is 3. The van der Waals surface area contributed by atoms with E-state index in [4.69, 9.17) is 9.47 Å². The molecule has 1 atom stereocenters. The molecule has 3 aromatic rings. The summed E-state index contributed by atoms with van der Waals surface area (Å²) in [5.74, 6) is -1.73. The predicted molar refractivity (Wildman–Crippen MR) is 134 cm³/mol. The lowest BCUT2D eigenvalue weighted by Crippen LogP contribution is -2.33. The lowest BCUT2D eigenvalue weighted by atomic mass is 10.1. The van der Waals surface area contributed by atoms with Crippen molar-refractivity contribution in [2.24, 2.45) is 0 Å². The van der Waals surface area contributed by atoms with Gasteiger partial charge in [0.05, 0.1) is 6.26 Å². The molecular formula is C23H25BrF3N3O5S. The van der Waals surface area contributed by atoms with Crippen molar-refractivity contribution in [2.45, 2.75) is 26.1 Å². The molecule has 0 radical (unpaired) electrons. The summed E-state index contributed by atoms with van der Waals surface area (Å²) in [4.78, 5) is 14.8. The van der Waals surface area contributed by atoms with Gasteiger partial charge in [-0.3, -0.25) is 4.72 Å². The number of esters is 1. The SMILES string of the molecule is Cc1[nH]c2cc(OCCNCC(OC(=O)C(F)(F)F)c3cc(Br)cc(NS(C)(=O)=O)c3)ccc2c1C. The Bertz CT molecular complexity index is 1360. The van der Waals surface area contributed by atoms with Gasteiger partial charge >= 0.3 is 12.1 Å². The van der Waals surface area contributed by atoms with Crippen molar-refractivity contribution in [1.29, 1.82) is 0 Å². The zero-order valence-electron chi connectivity index (χ0n) is 19.6. The fourth-order valence-corrected chi connectivity index (χ4v) is 4.57. The van der Waals surface area contributed by atoms with Crippen LogP contribution in [0.5, 0.6) is 5.75 Å². The molecule has 0 aliphatic rings. The minimum atomic E-state index is -5.19. The van der Waals surface area contributed by atoms with Crippen LogP contribution in [0.2, 0.25) is 0 Å². The van der Waals surface area contributed by atoms with E-state index >= 15 is 0 Å². The van der Waals surface area contributed by atoms with Gasteiger partial charge in [0, 0.05) is 45.9 Å². The number of halogens is 4. The Morgan fingerprint density at radius 2 is 1.89 bits per heavy atom. The largest absolute Gasteiger partial charge is 0.492 e. The van der Waals surface area contributed by atoms with Crippen molar-refractivity contribution in [2.75, 3.05) is 30.7 Å². The fraction of sp³-hybridized carbons (Fsp3) is 0.348. The topological polar surface area (TPSA) is 110 Å². The molecule has 0 saturated carbocycles. The van der Waals surface area contributed by atoms with Crippen molar-refractivity contribution in [3.63, 3.8) is 0 Å². The van der Waals surface area contributed by atoms with Crippen LogP contribution in [0.15, 0.2) is 40.9 Å². The summed E-state index contributed by atoms with van der Waals surface area (Å²) >= 11 is 3.20. The molecule has 0 fully saturated rings. The number of fused-ring (bicyclic) bond motifs is 1. The molecule has 1 aromatic heterocycles. The molecule has 13 heteroatoms. The maximum Gasteiger partial charge on any atom is 0.490 e. The van der Waals surface area contributed by atoms with Gasteiger partial charge in [0.2, 0.25) is 10.0 Å². The zero-order valence-corrected chi connectivity index (χ0v) is 22.0. The molecule has 1 heterocycles. The highest BCUT2D eigenvalue weighted by molar-refractivity contribution is 9.10. The molecule has 2 aromatic carbocycles. The summed E-state index contributed by atoms with van der Waals surface area (Å²) < 4.78 is 74.8. The van der Waals surface area contributed by atoms with Crippen LogP contribution >= 0.6 is 15.9 Å². The molecule has 0 aliphatic heterocycles. The number of aromatic nitrogens is 1. The smallest absolute Gasteiger partial charge is 0.490 e. The number of rotatable bonds is 10. The highest BCUT2D eigenvalue weighted by atomic mass is 79.9. The highest BCUT2D eigenvalue weighted by Gasteiger charge is 2.42. The molecule has 0 saturated heterocycles. The first-order chi connectivity index (χ1) is 16.7. The summed E-state index contributed by atoms with van der Waals surface area (Å²) in [6, 6.07) is 9.80. The van der Waals surface area contributed by atoms with Crippen molar-refractivity contribution in [1.82, 2.24) is 10.3 Å². The molecule has 3 N–H and O–H groups in total. The van der Waals surface area contributed by atoms with Gasteiger partial charge in [-0.1, -0.05) is 15.9 Å². The number of hydrogen-bond acceptors (Lipinski definition) is 6. The quantitative estimate of drug-likeness (QED) is 0.232. The molecule has 0 aliphatic carbocycles. The van der Waals surface area contributed by atoms with Crippen LogP contribution in [0, 0.1) is 13.8 Å². The van der Waals surface area contributed by atoms with E-state index in [1.807, 2.05) is 32.0 Å². The van der Waals surface area contributed by atoms with Gasteiger partial charge in [0.1, 0.15) is 18.5 Å². The average molecular weight is 592 g/mol. The van der Waals surface area contributed by atoms with E-state index in [1.54, 1.807) is 0 Å². The number of nitrogens with one attached hydrogen (secondary N) is 3. The van der Waals surface area contributed by atoms with Gasteiger partial charge in [0.25, 0.3) is 0 Å². The van der Waals surface area contributed by atoms with Crippen LogP contribution < -0.4 is 14.8 Å². The number of carbonyl (C=O) groups is 1. The maximum absolute atomic E-state index is 12.9. The van der Waals surface area contributed by atoms with Crippen molar-refractivity contribution in [3.8, 4) is 5.75 Å². The van der Waals surface area contributed by atoms with Crippen LogP contribution in [0.1, 0.15) is 22.9 Å². The second-order valence-corrected chi connectivity index (χ2v) is 10.8. The van der Waals surface area contributed by atoms with Crippen LogP contribution in [0.4, 0.5) is 18.9 Å². The third kappa shape index (κ3) is 7.61. The third-order valence-corrected chi connectivity index (χ3v) is 6.30. The zero-order chi connectivity index (χ0) is 26.7. The molecule has 3 rings (SSSR count). The normalized spacial score (nSPS) is 13.0. The van der Waals surface area contributed by atoms with E-state index < -0.39 is 28.3 Å². The first kappa shape index (κ1) is 27.8. The average Bonchev–Trinajstić information content (AvgIpc) is 3.03. The third-order valence-electron chi connectivity index (χ3n) is 5.23. The number of ether oxygens (including phenoxy) is 2. The summed E-state index contributed by atoms with van der Waals surface area (Å²) in [7, 11) is -3.64. The second kappa shape index (κ2) is 11.1. The Morgan fingerprint density at radius 1 is 1.17 bits per heavy atom. The Hall–Kier alpha value is -2.77. The van der Waals surface area contributed by atoms with Gasteiger partial charge in [-0.2, -0.15) is 13.2 Å². The number of aryl methyl sites for hydroxylation is 2. The van der Waals surface area contributed by atoms with Crippen LogP contribution in [0.3, 0.4) is 0 Å². The Morgan fingerprint density at radius 3 is 2.56 bits per heavy atom. The molecule has 8 nitrogen and oxygen atoms in total. The van der Waals surface area contributed by atoms with Gasteiger partial charge in [-0.05, 0) is 55.3 Å². The second-order valence-electron chi connectivity index (χ2n) is 8.17. The maximum atomic E-state index is 12.9. The fourth-order valence-electron chi connectivity index (χ4n) is 3.51. The number of carbonyl (C=O) groups excluding carboxylic acids is 1. The van der Waals surface area contributed by atoms with E-state index in [0.717, 1.165) is 28.4 Å². The van der Waals surface area contributed by atoms with Gasteiger partial charge in [0.15, 0.2) is 0 Å². The molecular weight excluding hydrogens is 567 g/mol. The van der Waals surface area contributed by atoms with Gasteiger partial charge < -0.3 is 19.8 Å². The minimum absolute atomic E-state index is 0.100. The lowest BCUT2D eigenvalue weighted by molar-refractivity contribution is -0.205. The minimum Gasteiger partial charge on any atom is -0.492 e. The highest BCUT2D eigenvalue weighted by Crippen LogP contribution is 2.29. The monoisotopic (exact) mass is 591 g/mol. The van der Waals surface area contributed by atoms with Crippen molar-refractivity contribution in [3.05, 3.63) is 57.7 Å². The molecule has 0 amide bonds. The van der Waals surface area contributed by atoms with Crippen molar-refractivity contribution < 1.29 is 35.9 Å². The molecule has 196 valence electrons. The van der Waals surface area contributed by atoms with E-state index in [0.29, 0.717) is 10.2 Å². The Kier molecular flexibility index (Phi) is 8.57. The predicted octanol–water partition coefficient (Wildman–Crippen LogP) is 4.73. The first-order valence-electron chi connectivity index (χ1n) is 10.7. The summed E-state index contributed by atoms with van der Waals surface area (Å²) in [6.07, 6.45) is -5.60.